The van der Waals surface area contributed by atoms with Crippen LogP contribution < -0.4 is 5.54 Å². The molecule has 90 valence electrons. The van der Waals surface area contributed by atoms with E-state index in [1.807, 2.05) is 20.8 Å². The molecular weight excluding hydrogens is 201 g/mol. The molecule has 5 atom stereocenters. The van der Waals surface area contributed by atoms with Gasteiger partial charge in [-0.3, -0.25) is 0 Å². The molecular formula is C10H20FNO3. The summed E-state index contributed by atoms with van der Waals surface area (Å²) in [4.78, 5) is 0. The Morgan fingerprint density at radius 1 is 1.20 bits per heavy atom. The summed E-state index contributed by atoms with van der Waals surface area (Å²) in [6.07, 6.45) is -2.44. The molecule has 0 radical (unpaired) electrons. The molecule has 1 aliphatic heterocycles. The fourth-order valence-electron chi connectivity index (χ4n) is 2.22. The summed E-state index contributed by atoms with van der Waals surface area (Å²) >= 11 is 0. The summed E-state index contributed by atoms with van der Waals surface area (Å²) in [5, 5.41) is 18.3. The second-order valence-corrected chi connectivity index (χ2v) is 4.47. The Bertz CT molecular complexity index is 203. The van der Waals surface area contributed by atoms with Crippen LogP contribution in [0.2, 0.25) is 0 Å². The van der Waals surface area contributed by atoms with Gasteiger partial charge in [-0.2, -0.15) is 5.54 Å². The van der Waals surface area contributed by atoms with Crippen molar-refractivity contribution in [2.75, 3.05) is 6.54 Å². The first kappa shape index (κ1) is 12.8. The van der Waals surface area contributed by atoms with Crippen molar-refractivity contribution in [2.24, 2.45) is 17.8 Å². The number of nitrogens with one attached hydrogen (secondary N) is 1. The highest BCUT2D eigenvalue weighted by molar-refractivity contribution is 4.87. The van der Waals surface area contributed by atoms with Gasteiger partial charge in [-0.05, 0) is 17.8 Å². The summed E-state index contributed by atoms with van der Waals surface area (Å²) in [6.45, 7) is 6.02. The minimum absolute atomic E-state index is 0.0517. The maximum absolute atomic E-state index is 12.0. The highest BCUT2D eigenvalue weighted by Gasteiger charge is 2.41. The molecule has 15 heavy (non-hydrogen) atoms. The molecule has 1 aliphatic rings. The fourth-order valence-corrected chi connectivity index (χ4v) is 2.22. The average Bonchev–Trinajstić information content (AvgIpc) is 2.18. The van der Waals surface area contributed by atoms with Gasteiger partial charge in [-0.25, -0.2) is 0 Å². The van der Waals surface area contributed by atoms with E-state index in [2.05, 4.69) is 0 Å². The monoisotopic (exact) mass is 221 g/mol. The molecule has 5 heteroatoms. The first-order chi connectivity index (χ1) is 6.99. The zero-order valence-electron chi connectivity index (χ0n) is 9.35. The number of hydrogen-bond donors (Lipinski definition) is 3. The summed E-state index contributed by atoms with van der Waals surface area (Å²) in [5.41, 5.74) is 1.57. The SMILES string of the molecule is C[C@@H]1[C@@H](C)[C@@H](C)C(C(O)O)O[C@H]1CNF. The fraction of sp³-hybridized carbons (Fsp3) is 1.00. The second-order valence-electron chi connectivity index (χ2n) is 4.47. The Balaban J connectivity index is 2.71. The minimum atomic E-state index is -1.50. The quantitative estimate of drug-likeness (QED) is 0.478. The van der Waals surface area contributed by atoms with Crippen LogP contribution in [-0.2, 0) is 4.74 Å². The number of aliphatic hydroxyl groups is 2. The van der Waals surface area contributed by atoms with Crippen LogP contribution in [-0.4, -0.2) is 35.3 Å². The van der Waals surface area contributed by atoms with Crippen LogP contribution in [0.15, 0.2) is 0 Å². The molecule has 0 aromatic carbocycles. The van der Waals surface area contributed by atoms with E-state index in [4.69, 9.17) is 14.9 Å². The topological polar surface area (TPSA) is 61.7 Å². The van der Waals surface area contributed by atoms with E-state index in [-0.39, 0.29) is 30.4 Å². The third-order valence-electron chi connectivity index (χ3n) is 3.67. The van der Waals surface area contributed by atoms with E-state index < -0.39 is 12.4 Å². The Morgan fingerprint density at radius 2 is 1.80 bits per heavy atom. The van der Waals surface area contributed by atoms with Gasteiger partial charge in [0.05, 0.1) is 12.6 Å². The Kier molecular flexibility index (Phi) is 4.45. The van der Waals surface area contributed by atoms with E-state index >= 15 is 0 Å². The molecule has 0 aromatic rings. The molecule has 1 saturated heterocycles. The summed E-state index contributed by atoms with van der Waals surface area (Å²) < 4.78 is 17.5. The van der Waals surface area contributed by atoms with Crippen molar-refractivity contribution < 1.29 is 19.4 Å². The smallest absolute Gasteiger partial charge is 0.178 e. The van der Waals surface area contributed by atoms with E-state index in [9.17, 15) is 4.48 Å². The van der Waals surface area contributed by atoms with Crippen molar-refractivity contribution >= 4 is 0 Å². The third-order valence-corrected chi connectivity index (χ3v) is 3.67. The molecule has 4 nitrogen and oxygen atoms in total. The molecule has 0 spiro atoms. The van der Waals surface area contributed by atoms with Gasteiger partial charge in [0, 0.05) is 0 Å². The second kappa shape index (κ2) is 5.21. The molecule has 1 unspecified atom stereocenters. The highest BCUT2D eigenvalue weighted by atomic mass is 19.2. The van der Waals surface area contributed by atoms with E-state index in [0.717, 1.165) is 0 Å². The molecule has 1 fully saturated rings. The Morgan fingerprint density at radius 3 is 2.27 bits per heavy atom. The standard InChI is InChI=1S/C10H20FNO3/c1-5-6(2)8(4-12-11)15-9(7(5)3)10(13)14/h5-10,12-14H,4H2,1-3H3/t5-,6-,7-,8+,9?/m1/s1. The predicted octanol–water partition coefficient (Wildman–Crippen LogP) is 0.447. The normalized spacial score (nSPS) is 42.2. The lowest BCUT2D eigenvalue weighted by Crippen LogP contribution is -2.51. The lowest BCUT2D eigenvalue weighted by Gasteiger charge is -2.44. The maximum atomic E-state index is 12.0. The van der Waals surface area contributed by atoms with E-state index in [1.165, 1.54) is 0 Å². The number of hydrogen-bond acceptors (Lipinski definition) is 4. The van der Waals surface area contributed by atoms with E-state index in [0.29, 0.717) is 0 Å². The zero-order valence-corrected chi connectivity index (χ0v) is 9.35. The molecule has 0 aromatic heterocycles. The predicted molar refractivity (Wildman–Crippen MR) is 53.5 cm³/mol. The summed E-state index contributed by atoms with van der Waals surface area (Å²) in [6, 6.07) is 0. The van der Waals surface area contributed by atoms with Gasteiger partial charge < -0.3 is 14.9 Å². The van der Waals surface area contributed by atoms with E-state index in [1.54, 1.807) is 5.54 Å². The molecule has 0 bridgehead atoms. The largest absolute Gasteiger partial charge is 0.368 e. The van der Waals surface area contributed by atoms with Crippen LogP contribution >= 0.6 is 0 Å². The van der Waals surface area contributed by atoms with Crippen LogP contribution in [0, 0.1) is 17.8 Å². The van der Waals surface area contributed by atoms with Crippen LogP contribution in [0.4, 0.5) is 4.48 Å². The van der Waals surface area contributed by atoms with Gasteiger partial charge >= 0.3 is 0 Å². The van der Waals surface area contributed by atoms with Gasteiger partial charge in [0.25, 0.3) is 0 Å². The van der Waals surface area contributed by atoms with Crippen LogP contribution in [0.25, 0.3) is 0 Å². The summed E-state index contributed by atoms with van der Waals surface area (Å²) in [7, 11) is 0. The number of ether oxygens (including phenoxy) is 1. The zero-order chi connectivity index (χ0) is 11.6. The van der Waals surface area contributed by atoms with Crippen LogP contribution in [0.5, 0.6) is 0 Å². The Hall–Kier alpha value is -0.230. The number of aliphatic hydroxyl groups excluding tert-OH is 1. The van der Waals surface area contributed by atoms with Gasteiger partial charge in [-0.15, -0.1) is 4.48 Å². The molecule has 1 rings (SSSR count). The van der Waals surface area contributed by atoms with Gasteiger partial charge in [0.1, 0.15) is 6.10 Å². The molecule has 1 heterocycles. The third kappa shape index (κ3) is 2.66. The first-order valence-electron chi connectivity index (χ1n) is 5.34. The lowest BCUT2D eigenvalue weighted by molar-refractivity contribution is -0.224. The average molecular weight is 221 g/mol. The molecule has 0 saturated carbocycles. The minimum Gasteiger partial charge on any atom is -0.368 e. The van der Waals surface area contributed by atoms with Crippen molar-refractivity contribution in [3.8, 4) is 0 Å². The Labute approximate surface area is 89.4 Å². The van der Waals surface area contributed by atoms with Crippen LogP contribution in [0.3, 0.4) is 0 Å². The molecule has 3 N–H and O–H groups in total. The van der Waals surface area contributed by atoms with Gasteiger partial charge in [-0.1, -0.05) is 20.8 Å². The summed E-state index contributed by atoms with van der Waals surface area (Å²) in [5.74, 6) is 0.512. The number of halogens is 1. The van der Waals surface area contributed by atoms with Crippen molar-refractivity contribution in [3.63, 3.8) is 0 Å². The molecule has 0 aliphatic carbocycles. The van der Waals surface area contributed by atoms with Crippen molar-refractivity contribution in [1.29, 1.82) is 0 Å². The lowest BCUT2D eigenvalue weighted by atomic mass is 9.76. The maximum Gasteiger partial charge on any atom is 0.178 e. The van der Waals surface area contributed by atoms with Crippen molar-refractivity contribution in [3.05, 3.63) is 0 Å². The number of rotatable bonds is 3. The van der Waals surface area contributed by atoms with Gasteiger partial charge in [0.2, 0.25) is 0 Å². The molecule has 0 amide bonds. The highest BCUT2D eigenvalue weighted by Crippen LogP contribution is 2.35. The van der Waals surface area contributed by atoms with Crippen molar-refractivity contribution in [1.82, 2.24) is 5.54 Å². The van der Waals surface area contributed by atoms with Crippen LogP contribution in [0.1, 0.15) is 20.8 Å². The van der Waals surface area contributed by atoms with Crippen molar-refractivity contribution in [2.45, 2.75) is 39.3 Å². The van der Waals surface area contributed by atoms with Gasteiger partial charge in [0.15, 0.2) is 6.29 Å². The first-order valence-corrected chi connectivity index (χ1v) is 5.34.